The van der Waals surface area contributed by atoms with Crippen LogP contribution in [-0.2, 0) is 9.59 Å². The number of aliphatic carboxylic acids is 2. The van der Waals surface area contributed by atoms with Crippen LogP contribution < -0.4 is 11.5 Å². The number of carbonyl (C=O) groups is 2. The molecule has 0 heterocycles. The zero-order valence-electron chi connectivity index (χ0n) is 26.3. The van der Waals surface area contributed by atoms with Crippen LogP contribution in [0.25, 0.3) is 0 Å². The van der Waals surface area contributed by atoms with Crippen molar-refractivity contribution in [3.8, 4) is 0 Å². The van der Waals surface area contributed by atoms with Gasteiger partial charge in [0.05, 0.1) is 10.8 Å². The first-order valence-electron chi connectivity index (χ1n) is 14.5. The molecule has 10 nitrogen and oxygen atoms in total. The Morgan fingerprint density at radius 3 is 1.18 bits per heavy atom. The second-order valence-electron chi connectivity index (χ2n) is 15.0. The van der Waals surface area contributed by atoms with Crippen molar-refractivity contribution in [1.82, 2.24) is 0 Å². The van der Waals surface area contributed by atoms with E-state index < -0.39 is 23.0 Å². The summed E-state index contributed by atoms with van der Waals surface area (Å²) in [6, 6.07) is 0. The average Bonchev–Trinajstić information content (AvgIpc) is 3.54. The van der Waals surface area contributed by atoms with Gasteiger partial charge in [-0.2, -0.15) is 10.2 Å². The normalized spacial score (nSPS) is 35.0. The quantitative estimate of drug-likeness (QED) is 0.131. The van der Waals surface area contributed by atoms with Gasteiger partial charge in [-0.25, -0.2) is 0 Å². The lowest BCUT2D eigenvalue weighted by Gasteiger charge is -2.23. The molecule has 0 saturated heterocycles. The topological polar surface area (TPSA) is 199 Å². The summed E-state index contributed by atoms with van der Waals surface area (Å²) in [4.78, 5) is 22.6. The Hall–Kier alpha value is -2.52. The van der Waals surface area contributed by atoms with E-state index in [9.17, 15) is 19.8 Å². The third kappa shape index (κ3) is 5.64. The van der Waals surface area contributed by atoms with Crippen LogP contribution in [0.2, 0.25) is 0 Å². The van der Waals surface area contributed by atoms with Crippen molar-refractivity contribution < 1.29 is 19.8 Å². The predicted molar refractivity (Wildman–Crippen MR) is 158 cm³/mol. The average molecular weight is 563 g/mol. The largest absolute Gasteiger partial charge is 0.481 e. The molecule has 10 heteroatoms. The summed E-state index contributed by atoms with van der Waals surface area (Å²) in [5, 5.41) is 40.9. The van der Waals surface area contributed by atoms with Crippen LogP contribution in [-0.4, -0.2) is 44.9 Å². The molecule has 0 aliphatic heterocycles. The molecule has 4 fully saturated rings. The summed E-state index contributed by atoms with van der Waals surface area (Å²) in [5.41, 5.74) is 8.31. The van der Waals surface area contributed by atoms with Gasteiger partial charge >= 0.3 is 11.9 Å². The maximum Gasteiger partial charge on any atom is 0.310 e. The molecule has 0 spiro atoms. The summed E-state index contributed by atoms with van der Waals surface area (Å²) in [6.07, 6.45) is 6.42. The maximum absolute atomic E-state index is 11.3. The lowest BCUT2D eigenvalue weighted by atomic mass is 9.80. The minimum atomic E-state index is -0.841. The molecule has 0 aromatic heterocycles. The summed E-state index contributed by atoms with van der Waals surface area (Å²) >= 11 is 0. The minimum Gasteiger partial charge on any atom is -0.481 e. The zero-order chi connectivity index (χ0) is 31.3. The monoisotopic (exact) mass is 562 g/mol. The number of nitrogens with one attached hydrogen (secondary N) is 2. The molecule has 0 radical (unpaired) electrons. The smallest absolute Gasteiger partial charge is 0.310 e. The van der Waals surface area contributed by atoms with Crippen LogP contribution in [0, 0.1) is 56.2 Å². The van der Waals surface area contributed by atoms with Crippen molar-refractivity contribution in [2.75, 3.05) is 0 Å². The molecule has 0 aromatic rings. The summed E-state index contributed by atoms with van der Waals surface area (Å²) in [5.74, 6) is 0.801. The number of carboxylic acid groups (broad SMARTS) is 2. The number of amidine groups is 2. The Bertz CT molecular complexity index is 982. The molecule has 0 aromatic carbocycles. The molecule has 4 aliphatic carbocycles. The molecule has 6 atom stereocenters. The minimum absolute atomic E-state index is 0.0452. The van der Waals surface area contributed by atoms with Gasteiger partial charge in [-0.15, -0.1) is 0 Å². The van der Waals surface area contributed by atoms with Crippen LogP contribution in [0.1, 0.15) is 108 Å². The molecular weight excluding hydrogens is 508 g/mol. The van der Waals surface area contributed by atoms with Crippen LogP contribution in [0.3, 0.4) is 0 Å². The molecule has 0 amide bonds. The second-order valence-corrected chi connectivity index (χ2v) is 15.0. The summed E-state index contributed by atoms with van der Waals surface area (Å²) in [6.45, 7) is 19.5. The highest BCUT2D eigenvalue weighted by atomic mass is 16.4. The number of nitrogens with two attached hydrogens (primary N) is 2. The Balaban J connectivity index is 0.000000210. The maximum atomic E-state index is 11.3. The molecule has 0 bridgehead atoms. The van der Waals surface area contributed by atoms with Crippen LogP contribution >= 0.6 is 0 Å². The Labute approximate surface area is 240 Å². The van der Waals surface area contributed by atoms with E-state index in [-0.39, 0.29) is 33.3 Å². The lowest BCUT2D eigenvalue weighted by Crippen LogP contribution is -2.38. The van der Waals surface area contributed by atoms with Crippen molar-refractivity contribution in [2.45, 2.75) is 119 Å². The highest BCUT2D eigenvalue weighted by Crippen LogP contribution is 2.76. The molecule has 228 valence electrons. The number of rotatable bonds is 6. The van der Waals surface area contributed by atoms with E-state index in [1.807, 2.05) is 0 Å². The van der Waals surface area contributed by atoms with Crippen molar-refractivity contribution in [3.05, 3.63) is 0 Å². The number of nitrogens with zero attached hydrogens (tertiary/aromatic N) is 2. The first-order valence-corrected chi connectivity index (χ1v) is 14.5. The molecule has 4 aliphatic rings. The van der Waals surface area contributed by atoms with Gasteiger partial charge in [0.2, 0.25) is 0 Å². The van der Waals surface area contributed by atoms with Crippen molar-refractivity contribution in [1.29, 1.82) is 10.8 Å². The van der Waals surface area contributed by atoms with Crippen LogP contribution in [0.5, 0.6) is 0 Å². The van der Waals surface area contributed by atoms with E-state index in [1.54, 1.807) is 27.7 Å². The van der Waals surface area contributed by atoms with Gasteiger partial charge in [0.15, 0.2) is 0 Å². The third-order valence-corrected chi connectivity index (χ3v) is 10.9. The SMILES string of the molecule is CC(C)(N=NC(C)(C)C(=N)N)C(=N)N.CC1CCC2C(C)(C)C2(C(=O)O)C1.CC1CCC2C(C)(C)C2(C(=O)O)C1. The van der Waals surface area contributed by atoms with Gasteiger partial charge in [0, 0.05) is 0 Å². The molecule has 40 heavy (non-hydrogen) atoms. The molecule has 6 unspecified atom stereocenters. The fourth-order valence-electron chi connectivity index (χ4n) is 7.54. The van der Waals surface area contributed by atoms with Crippen molar-refractivity contribution >= 4 is 23.6 Å². The number of hydrogen-bond acceptors (Lipinski definition) is 6. The zero-order valence-corrected chi connectivity index (χ0v) is 26.3. The Kier molecular flexibility index (Phi) is 9.02. The van der Waals surface area contributed by atoms with Gasteiger partial charge < -0.3 is 21.7 Å². The Morgan fingerprint density at radius 2 is 0.975 bits per heavy atom. The van der Waals surface area contributed by atoms with E-state index in [2.05, 4.69) is 51.8 Å². The van der Waals surface area contributed by atoms with Gasteiger partial charge in [0.25, 0.3) is 0 Å². The summed E-state index contributed by atoms with van der Waals surface area (Å²) < 4.78 is 0. The fourth-order valence-corrected chi connectivity index (χ4v) is 7.54. The third-order valence-electron chi connectivity index (χ3n) is 10.9. The standard InChI is InChI=1S/2C11H18O2.C8H18N6/c2*1-7-4-5-8-10(2,3)11(8,6-7)9(12)13;1-7(2,5(9)10)13-14-8(3,4)6(11)12/h2*7-8H,4-6H2,1-3H3,(H,12,13);1-4H3,(H3,9,10)(H3,11,12). The van der Waals surface area contributed by atoms with Crippen molar-refractivity contribution in [3.63, 3.8) is 0 Å². The Morgan fingerprint density at radius 1 is 0.700 bits per heavy atom. The van der Waals surface area contributed by atoms with E-state index in [4.69, 9.17) is 22.3 Å². The number of fused-ring (bicyclic) bond motifs is 2. The first-order chi connectivity index (χ1) is 17.9. The van der Waals surface area contributed by atoms with Gasteiger partial charge in [0.1, 0.15) is 22.7 Å². The molecule has 4 rings (SSSR count). The molecule has 4 saturated carbocycles. The summed E-state index contributed by atoms with van der Waals surface area (Å²) in [7, 11) is 0. The van der Waals surface area contributed by atoms with Gasteiger partial charge in [-0.1, -0.05) is 54.4 Å². The first kappa shape index (κ1) is 33.7. The highest BCUT2D eigenvalue weighted by molar-refractivity contribution is 5.87. The number of carboxylic acids is 2. The van der Waals surface area contributed by atoms with Gasteiger partial charge in [-0.3, -0.25) is 20.4 Å². The van der Waals surface area contributed by atoms with E-state index in [0.29, 0.717) is 23.7 Å². The molecule has 8 N–H and O–H groups in total. The van der Waals surface area contributed by atoms with Crippen LogP contribution in [0.4, 0.5) is 0 Å². The second kappa shape index (κ2) is 10.7. The predicted octanol–water partition coefficient (Wildman–Crippen LogP) is 5.93. The van der Waals surface area contributed by atoms with E-state index in [0.717, 1.165) is 25.7 Å². The number of hydrogen-bond donors (Lipinski definition) is 6. The van der Waals surface area contributed by atoms with Crippen molar-refractivity contribution in [2.24, 2.45) is 67.0 Å². The van der Waals surface area contributed by atoms with Gasteiger partial charge in [-0.05, 0) is 87.9 Å². The van der Waals surface area contributed by atoms with Crippen LogP contribution in [0.15, 0.2) is 10.2 Å². The lowest BCUT2D eigenvalue weighted by molar-refractivity contribution is -0.147. The fraction of sp³-hybridized carbons (Fsp3) is 0.867. The van der Waals surface area contributed by atoms with E-state index in [1.165, 1.54) is 12.8 Å². The molecular formula is C30H54N6O4. The highest BCUT2D eigenvalue weighted by Gasteiger charge is 2.76. The number of azo groups is 1. The van der Waals surface area contributed by atoms with E-state index >= 15 is 0 Å².